The van der Waals surface area contributed by atoms with Crippen LogP contribution in [0, 0.1) is 0 Å². The zero-order chi connectivity index (χ0) is 12.5. The van der Waals surface area contributed by atoms with E-state index in [2.05, 4.69) is 0 Å². The van der Waals surface area contributed by atoms with E-state index in [1.165, 1.54) is 22.7 Å². The first-order valence-corrected chi connectivity index (χ1v) is 7.11. The van der Waals surface area contributed by atoms with Crippen LogP contribution in [0.5, 0.6) is 0 Å². The lowest BCUT2D eigenvalue weighted by Gasteiger charge is -1.91. The third-order valence-corrected chi connectivity index (χ3v) is 4.28. The number of hydrogen-bond donors (Lipinski definition) is 0. The monoisotopic (exact) mass is 272 g/mol. The molecule has 3 aromatic rings. The van der Waals surface area contributed by atoms with Crippen molar-refractivity contribution in [2.45, 2.75) is 0 Å². The summed E-state index contributed by atoms with van der Waals surface area (Å²) in [5.74, 6) is 0. The lowest BCUT2D eigenvalue weighted by molar-refractivity contribution is 1.27. The largest absolute Gasteiger partial charge is 0.288 e. The molecule has 0 unspecified atom stereocenters. The Morgan fingerprint density at radius 1 is 0.778 bits per heavy atom. The van der Waals surface area contributed by atoms with Crippen molar-refractivity contribution in [3.8, 4) is 0 Å². The minimum Gasteiger partial charge on any atom is -0.288 e. The molecule has 2 heterocycles. The zero-order valence-electron chi connectivity index (χ0n) is 9.25. The lowest BCUT2D eigenvalue weighted by atomic mass is 10.1. The fraction of sp³-hybridized carbons (Fsp3) is 0. The predicted octanol–water partition coefficient (Wildman–Crippen LogP) is 1.06. The van der Waals surface area contributed by atoms with Gasteiger partial charge in [-0.2, -0.15) is 0 Å². The van der Waals surface area contributed by atoms with Crippen molar-refractivity contribution in [1.82, 2.24) is 0 Å². The fourth-order valence-electron chi connectivity index (χ4n) is 1.73. The van der Waals surface area contributed by atoms with Gasteiger partial charge >= 0.3 is 0 Å². The predicted molar refractivity (Wildman–Crippen MR) is 76.4 cm³/mol. The standard InChI is InChI=1S/C14H8O2S2/c15-13-11(7-9-3-1-5-17-9)14(16)12(13)8-10-4-2-6-18-10/h1-8H. The minimum atomic E-state index is -0.151. The van der Waals surface area contributed by atoms with Crippen LogP contribution < -0.4 is 21.3 Å². The molecule has 18 heavy (non-hydrogen) atoms. The summed E-state index contributed by atoms with van der Waals surface area (Å²) in [4.78, 5) is 25.6. The molecule has 0 radical (unpaired) electrons. The van der Waals surface area contributed by atoms with Crippen LogP contribution in [0.1, 0.15) is 9.75 Å². The van der Waals surface area contributed by atoms with Gasteiger partial charge in [-0.15, -0.1) is 22.7 Å². The van der Waals surface area contributed by atoms with E-state index in [4.69, 9.17) is 0 Å². The first-order valence-electron chi connectivity index (χ1n) is 5.35. The second-order valence-electron chi connectivity index (χ2n) is 3.81. The normalized spacial score (nSPS) is 10.7. The zero-order valence-corrected chi connectivity index (χ0v) is 10.9. The van der Waals surface area contributed by atoms with Crippen molar-refractivity contribution in [2.75, 3.05) is 0 Å². The van der Waals surface area contributed by atoms with Gasteiger partial charge < -0.3 is 0 Å². The quantitative estimate of drug-likeness (QED) is 0.699. The Bertz CT molecular complexity index is 746. The molecule has 2 nitrogen and oxygen atoms in total. The summed E-state index contributed by atoms with van der Waals surface area (Å²) in [5, 5.41) is 4.42. The molecule has 0 bridgehead atoms. The Morgan fingerprint density at radius 3 is 1.56 bits per heavy atom. The van der Waals surface area contributed by atoms with Crippen LogP contribution in [-0.2, 0) is 0 Å². The van der Waals surface area contributed by atoms with E-state index in [1.807, 2.05) is 35.0 Å². The Kier molecular flexibility index (Phi) is 2.81. The molecule has 0 saturated carbocycles. The summed E-state index contributed by atoms with van der Waals surface area (Å²) in [6, 6.07) is 7.57. The smallest absolute Gasteiger partial charge is 0.201 e. The van der Waals surface area contributed by atoms with Crippen LogP contribution in [0.2, 0.25) is 0 Å². The number of rotatable bonds is 2. The molecule has 88 valence electrons. The summed E-state index contributed by atoms with van der Waals surface area (Å²) < 4.78 is 0. The average molecular weight is 272 g/mol. The molecule has 0 atom stereocenters. The van der Waals surface area contributed by atoms with E-state index < -0.39 is 0 Å². The molecular formula is C14H8O2S2. The highest BCUT2D eigenvalue weighted by molar-refractivity contribution is 7.11. The van der Waals surface area contributed by atoms with Gasteiger partial charge in [0.25, 0.3) is 0 Å². The Hall–Kier alpha value is -1.78. The fourth-order valence-corrected chi connectivity index (χ4v) is 3.04. The van der Waals surface area contributed by atoms with Crippen molar-refractivity contribution in [1.29, 1.82) is 0 Å². The van der Waals surface area contributed by atoms with E-state index in [0.717, 1.165) is 9.75 Å². The topological polar surface area (TPSA) is 34.1 Å². The molecule has 0 aliphatic heterocycles. The van der Waals surface area contributed by atoms with Gasteiger partial charge in [-0.3, -0.25) is 9.59 Å². The summed E-state index contributed by atoms with van der Waals surface area (Å²) in [6.07, 6.45) is 3.34. The summed E-state index contributed by atoms with van der Waals surface area (Å²) in [5.41, 5.74) is -0.302. The Balaban J connectivity index is 2.14. The highest BCUT2D eigenvalue weighted by Gasteiger charge is 2.08. The van der Waals surface area contributed by atoms with Gasteiger partial charge in [-0.05, 0) is 35.0 Å². The number of thiophene rings is 2. The molecule has 0 amide bonds. The molecule has 0 aliphatic rings. The van der Waals surface area contributed by atoms with E-state index in [-0.39, 0.29) is 10.9 Å². The average Bonchev–Trinajstić information content (AvgIpc) is 3.05. The molecule has 0 aliphatic carbocycles. The van der Waals surface area contributed by atoms with Crippen LogP contribution in [0.4, 0.5) is 0 Å². The lowest BCUT2D eigenvalue weighted by Crippen LogP contribution is -2.64. The van der Waals surface area contributed by atoms with Gasteiger partial charge in [0.05, 0.1) is 10.4 Å². The van der Waals surface area contributed by atoms with Crippen molar-refractivity contribution in [2.24, 2.45) is 0 Å². The molecule has 3 rings (SSSR count). The second kappa shape index (κ2) is 4.48. The molecule has 0 N–H and O–H groups in total. The third-order valence-electron chi connectivity index (χ3n) is 2.64. The minimum absolute atomic E-state index is 0.151. The Labute approximate surface area is 110 Å². The summed E-state index contributed by atoms with van der Waals surface area (Å²) >= 11 is 3.03. The molecule has 1 aromatic carbocycles. The Morgan fingerprint density at radius 2 is 1.22 bits per heavy atom. The molecule has 0 spiro atoms. The highest BCUT2D eigenvalue weighted by atomic mass is 32.1. The SMILES string of the molecule is O=c1c(=Cc2cccs2)c(=O)c1=Cc1cccs1. The third kappa shape index (κ3) is 1.89. The van der Waals surface area contributed by atoms with Gasteiger partial charge in [-0.25, -0.2) is 0 Å². The van der Waals surface area contributed by atoms with Crippen LogP contribution in [-0.4, -0.2) is 0 Å². The van der Waals surface area contributed by atoms with Crippen LogP contribution in [0.25, 0.3) is 12.2 Å². The maximum atomic E-state index is 11.9. The van der Waals surface area contributed by atoms with Crippen LogP contribution in [0.3, 0.4) is 0 Å². The maximum absolute atomic E-state index is 11.9. The molecule has 0 saturated heterocycles. The van der Waals surface area contributed by atoms with Gasteiger partial charge in [0.15, 0.2) is 0 Å². The van der Waals surface area contributed by atoms with E-state index in [1.54, 1.807) is 12.2 Å². The highest BCUT2D eigenvalue weighted by Crippen LogP contribution is 2.08. The van der Waals surface area contributed by atoms with E-state index >= 15 is 0 Å². The molecule has 2 aromatic heterocycles. The van der Waals surface area contributed by atoms with E-state index in [0.29, 0.717) is 10.4 Å². The van der Waals surface area contributed by atoms with Crippen molar-refractivity contribution in [3.05, 3.63) is 75.7 Å². The summed E-state index contributed by atoms with van der Waals surface area (Å²) in [6.45, 7) is 0. The molecular weight excluding hydrogens is 264 g/mol. The van der Waals surface area contributed by atoms with E-state index in [9.17, 15) is 9.59 Å². The van der Waals surface area contributed by atoms with Crippen molar-refractivity contribution >= 4 is 34.8 Å². The molecule has 0 fully saturated rings. The maximum Gasteiger partial charge on any atom is 0.201 e. The van der Waals surface area contributed by atoms with Gasteiger partial charge in [0, 0.05) is 9.75 Å². The van der Waals surface area contributed by atoms with Crippen molar-refractivity contribution < 1.29 is 0 Å². The van der Waals surface area contributed by atoms with Gasteiger partial charge in [0.1, 0.15) is 0 Å². The van der Waals surface area contributed by atoms with Crippen LogP contribution in [0.15, 0.2) is 44.6 Å². The van der Waals surface area contributed by atoms with Gasteiger partial charge in [0.2, 0.25) is 10.9 Å². The first kappa shape index (κ1) is 11.3. The molecule has 4 heteroatoms. The first-order chi connectivity index (χ1) is 8.75. The number of hydrogen-bond acceptors (Lipinski definition) is 4. The van der Waals surface area contributed by atoms with Crippen molar-refractivity contribution in [3.63, 3.8) is 0 Å². The second-order valence-corrected chi connectivity index (χ2v) is 5.76. The van der Waals surface area contributed by atoms with Gasteiger partial charge in [-0.1, -0.05) is 12.1 Å². The van der Waals surface area contributed by atoms with Crippen LogP contribution >= 0.6 is 22.7 Å². The summed E-state index contributed by atoms with van der Waals surface area (Å²) in [7, 11) is 0.